The van der Waals surface area contributed by atoms with Crippen LogP contribution >= 0.6 is 0 Å². The van der Waals surface area contributed by atoms with Gasteiger partial charge in [0.2, 0.25) is 5.91 Å². The average Bonchev–Trinajstić information content (AvgIpc) is 2.38. The zero-order valence-electron chi connectivity index (χ0n) is 10.3. The van der Waals surface area contributed by atoms with Gasteiger partial charge in [-0.05, 0) is 23.6 Å². The Morgan fingerprint density at radius 2 is 2.21 bits per heavy atom. The first kappa shape index (κ1) is 11.8. The minimum absolute atomic E-state index is 0.0543. The quantitative estimate of drug-likeness (QED) is 0.586. The van der Waals surface area contributed by atoms with E-state index in [0.717, 1.165) is 25.9 Å². The van der Waals surface area contributed by atoms with Crippen LogP contribution in [0.1, 0.15) is 34.9 Å². The molecular formula is C11H15N6O2+. The van der Waals surface area contributed by atoms with E-state index in [1.54, 1.807) is 4.79 Å². The highest BCUT2D eigenvalue weighted by Gasteiger charge is 2.44. The van der Waals surface area contributed by atoms with Crippen molar-refractivity contribution in [2.75, 3.05) is 18.1 Å². The molecule has 2 amide bonds. The maximum atomic E-state index is 11.7. The van der Waals surface area contributed by atoms with Crippen molar-refractivity contribution in [1.29, 1.82) is 0 Å². The standard InChI is InChI=1S/C11H14N6O2/c12-10(18)7-4-8-9(11(13)19)6-2-1-3-16(5-6)17(8)15-14-7/h4,6,9H,1-3,5H2,(H3-,12,13,18,19)/p+1. The zero-order valence-corrected chi connectivity index (χ0v) is 10.3. The number of carbonyl (C=O) groups excluding carboxylic acids is 2. The van der Waals surface area contributed by atoms with Crippen LogP contribution in [0.5, 0.6) is 0 Å². The Morgan fingerprint density at radius 3 is 2.89 bits per heavy atom. The van der Waals surface area contributed by atoms with E-state index in [0.29, 0.717) is 5.69 Å². The monoisotopic (exact) mass is 263 g/mol. The molecule has 19 heavy (non-hydrogen) atoms. The highest BCUT2D eigenvalue weighted by atomic mass is 16.1. The Balaban J connectivity index is 2.14. The second kappa shape index (κ2) is 4.15. The van der Waals surface area contributed by atoms with Crippen molar-refractivity contribution in [3.63, 3.8) is 0 Å². The molecule has 2 aliphatic rings. The number of amides is 2. The van der Waals surface area contributed by atoms with E-state index in [4.69, 9.17) is 11.5 Å². The van der Waals surface area contributed by atoms with Crippen LogP contribution in [0.3, 0.4) is 0 Å². The summed E-state index contributed by atoms with van der Waals surface area (Å²) in [5, 5.41) is 9.77. The molecule has 3 rings (SSSR count). The summed E-state index contributed by atoms with van der Waals surface area (Å²) in [5.41, 5.74) is 11.4. The Morgan fingerprint density at radius 1 is 1.42 bits per heavy atom. The van der Waals surface area contributed by atoms with Crippen molar-refractivity contribution in [2.45, 2.75) is 18.8 Å². The first-order valence-corrected chi connectivity index (χ1v) is 6.22. The Bertz CT molecular complexity index is 560. The molecule has 2 atom stereocenters. The number of hydrogen-bond donors (Lipinski definition) is 2. The molecule has 0 saturated carbocycles. The lowest BCUT2D eigenvalue weighted by Gasteiger charge is -2.38. The SMILES string of the molecule is NC(=O)c1cc2[n+](nn1)N1CCCC(C1)C2C(N)=O. The van der Waals surface area contributed by atoms with E-state index in [1.807, 2.05) is 5.01 Å². The fraction of sp³-hybridized carbons (Fsp3) is 0.545. The lowest BCUT2D eigenvalue weighted by atomic mass is 9.81. The third-order valence-corrected chi connectivity index (χ3v) is 3.81. The van der Waals surface area contributed by atoms with Crippen molar-refractivity contribution in [3.8, 4) is 0 Å². The number of rotatable bonds is 2. The van der Waals surface area contributed by atoms with Crippen LogP contribution in [0.15, 0.2) is 6.07 Å². The van der Waals surface area contributed by atoms with Gasteiger partial charge in [0.25, 0.3) is 11.6 Å². The van der Waals surface area contributed by atoms with Gasteiger partial charge in [-0.1, -0.05) is 0 Å². The molecule has 0 spiro atoms. The molecule has 8 nitrogen and oxygen atoms in total. The Kier molecular flexibility index (Phi) is 2.58. The van der Waals surface area contributed by atoms with E-state index in [1.165, 1.54) is 6.07 Å². The summed E-state index contributed by atoms with van der Waals surface area (Å²) in [5.74, 6) is -1.34. The molecule has 1 fully saturated rings. The van der Waals surface area contributed by atoms with Crippen LogP contribution in [0.25, 0.3) is 0 Å². The molecule has 1 saturated heterocycles. The van der Waals surface area contributed by atoms with E-state index < -0.39 is 17.7 Å². The predicted octanol–water partition coefficient (Wildman–Crippen LogP) is -2.21. The molecule has 0 aliphatic carbocycles. The van der Waals surface area contributed by atoms with Crippen LogP contribution in [-0.4, -0.2) is 35.2 Å². The Hall–Kier alpha value is -2.25. The lowest BCUT2D eigenvalue weighted by molar-refractivity contribution is -0.769. The van der Waals surface area contributed by atoms with E-state index in [-0.39, 0.29) is 11.6 Å². The van der Waals surface area contributed by atoms with Gasteiger partial charge in [0.1, 0.15) is 5.92 Å². The van der Waals surface area contributed by atoms with Gasteiger partial charge in [-0.15, -0.1) is 0 Å². The molecule has 8 heteroatoms. The minimum Gasteiger partial charge on any atom is -0.369 e. The maximum absolute atomic E-state index is 11.7. The van der Waals surface area contributed by atoms with Gasteiger partial charge in [0.05, 0.1) is 18.2 Å². The number of nitrogens with zero attached hydrogens (tertiary/aromatic N) is 4. The number of hydrogen-bond acceptors (Lipinski definition) is 5. The van der Waals surface area contributed by atoms with E-state index in [2.05, 4.69) is 10.3 Å². The fourth-order valence-corrected chi connectivity index (χ4v) is 2.98. The molecule has 2 aliphatic heterocycles. The number of primary amides is 2. The van der Waals surface area contributed by atoms with Crippen molar-refractivity contribution in [3.05, 3.63) is 17.5 Å². The van der Waals surface area contributed by atoms with Crippen LogP contribution in [0, 0.1) is 5.92 Å². The molecule has 1 aromatic rings. The van der Waals surface area contributed by atoms with Gasteiger partial charge in [0, 0.05) is 6.07 Å². The highest BCUT2D eigenvalue weighted by Crippen LogP contribution is 2.32. The summed E-state index contributed by atoms with van der Waals surface area (Å²) in [6.45, 7) is 1.58. The van der Waals surface area contributed by atoms with Crippen molar-refractivity contribution >= 4 is 11.8 Å². The number of carbonyl (C=O) groups is 2. The van der Waals surface area contributed by atoms with Gasteiger partial charge in [0.15, 0.2) is 10.9 Å². The smallest absolute Gasteiger partial charge is 0.295 e. The molecule has 4 N–H and O–H groups in total. The summed E-state index contributed by atoms with van der Waals surface area (Å²) in [6.07, 6.45) is 1.93. The van der Waals surface area contributed by atoms with Crippen molar-refractivity contribution in [1.82, 2.24) is 10.3 Å². The predicted molar refractivity (Wildman–Crippen MR) is 63.4 cm³/mol. The third kappa shape index (κ3) is 1.79. The molecule has 100 valence electrons. The third-order valence-electron chi connectivity index (χ3n) is 3.81. The lowest BCUT2D eigenvalue weighted by Crippen LogP contribution is -2.71. The van der Waals surface area contributed by atoms with Crippen LogP contribution < -0.4 is 21.3 Å². The summed E-state index contributed by atoms with van der Waals surface area (Å²) >= 11 is 0. The fourth-order valence-electron chi connectivity index (χ4n) is 2.98. The van der Waals surface area contributed by atoms with Crippen molar-refractivity contribution < 1.29 is 14.4 Å². The summed E-state index contributed by atoms with van der Waals surface area (Å²) in [4.78, 5) is 24.5. The molecule has 0 radical (unpaired) electrons. The van der Waals surface area contributed by atoms with Gasteiger partial charge in [-0.3, -0.25) is 9.59 Å². The highest BCUT2D eigenvalue weighted by molar-refractivity contribution is 5.91. The molecule has 2 bridgehead atoms. The van der Waals surface area contributed by atoms with Crippen LogP contribution in [0.2, 0.25) is 0 Å². The normalized spacial score (nSPS) is 24.7. The first-order valence-electron chi connectivity index (χ1n) is 6.22. The maximum Gasteiger partial charge on any atom is 0.295 e. The van der Waals surface area contributed by atoms with E-state index >= 15 is 0 Å². The van der Waals surface area contributed by atoms with Crippen LogP contribution in [-0.2, 0) is 4.79 Å². The molecule has 3 heterocycles. The second-order valence-corrected chi connectivity index (χ2v) is 4.99. The van der Waals surface area contributed by atoms with Gasteiger partial charge >= 0.3 is 0 Å². The van der Waals surface area contributed by atoms with Crippen molar-refractivity contribution in [2.24, 2.45) is 17.4 Å². The van der Waals surface area contributed by atoms with Gasteiger partial charge < -0.3 is 11.5 Å². The minimum atomic E-state index is -0.662. The number of aromatic nitrogens is 3. The first-order chi connectivity index (χ1) is 9.08. The van der Waals surface area contributed by atoms with Crippen LogP contribution in [0.4, 0.5) is 0 Å². The summed E-state index contributed by atoms with van der Waals surface area (Å²) < 4.78 is 0. The molecular weight excluding hydrogens is 248 g/mol. The van der Waals surface area contributed by atoms with Gasteiger partial charge in [-0.25, -0.2) is 5.01 Å². The number of fused-ring (bicyclic) bond motifs is 4. The number of nitrogens with two attached hydrogens (primary N) is 2. The van der Waals surface area contributed by atoms with Gasteiger partial charge in [-0.2, -0.15) is 0 Å². The van der Waals surface area contributed by atoms with E-state index in [9.17, 15) is 9.59 Å². The zero-order chi connectivity index (χ0) is 13.6. The summed E-state index contributed by atoms with van der Waals surface area (Å²) in [7, 11) is 0. The molecule has 1 aromatic heterocycles. The molecule has 0 aromatic carbocycles. The number of piperidine rings is 1. The Labute approximate surface area is 109 Å². The second-order valence-electron chi connectivity index (χ2n) is 4.99. The largest absolute Gasteiger partial charge is 0.369 e. The topological polar surface area (TPSA) is 119 Å². The summed E-state index contributed by atoms with van der Waals surface area (Å²) in [6, 6.07) is 1.52. The molecule has 2 unspecified atom stereocenters. The average molecular weight is 263 g/mol.